The first-order valence-corrected chi connectivity index (χ1v) is 6.90. The topological polar surface area (TPSA) is 37.4 Å². The second-order valence-electron chi connectivity index (χ2n) is 5.72. The number of carbonyl (C=O) groups is 2. The monoisotopic (exact) mass is 251 g/mol. The van der Waals surface area contributed by atoms with E-state index in [-0.39, 0.29) is 17.2 Å². The van der Waals surface area contributed by atoms with Crippen molar-refractivity contribution in [3.63, 3.8) is 0 Å². The van der Waals surface area contributed by atoms with Crippen LogP contribution in [0.2, 0.25) is 0 Å². The molecule has 1 aliphatic carbocycles. The van der Waals surface area contributed by atoms with Crippen LogP contribution in [0.3, 0.4) is 0 Å². The van der Waals surface area contributed by atoms with Gasteiger partial charge in [0.15, 0.2) is 0 Å². The molecule has 2 fully saturated rings. The Morgan fingerprint density at radius 1 is 1.17 bits per heavy atom. The Morgan fingerprint density at radius 3 is 2.22 bits per heavy atom. The smallest absolute Gasteiger partial charge is 0.235 e. The molecule has 0 aromatic carbocycles. The molecule has 0 aromatic heterocycles. The van der Waals surface area contributed by atoms with Crippen molar-refractivity contribution in [1.29, 1.82) is 0 Å². The summed E-state index contributed by atoms with van der Waals surface area (Å²) in [4.78, 5) is 25.7. The number of amides is 2. The first-order valence-electron chi connectivity index (χ1n) is 6.90. The second kappa shape index (κ2) is 6.17. The predicted molar refractivity (Wildman–Crippen MR) is 72.9 cm³/mol. The van der Waals surface area contributed by atoms with Crippen LogP contribution in [0.15, 0.2) is 13.2 Å². The van der Waals surface area contributed by atoms with E-state index < -0.39 is 0 Å². The van der Waals surface area contributed by atoms with E-state index in [2.05, 4.69) is 13.2 Å². The Balaban J connectivity index is 0.000000771. The minimum absolute atomic E-state index is 0.0561. The summed E-state index contributed by atoms with van der Waals surface area (Å²) in [6.07, 6.45) is 5.74. The molecule has 0 N–H and O–H groups in total. The largest absolute Gasteiger partial charge is 0.282 e. The van der Waals surface area contributed by atoms with E-state index in [0.29, 0.717) is 18.9 Å². The lowest BCUT2D eigenvalue weighted by Gasteiger charge is -2.30. The molecule has 1 saturated carbocycles. The third-order valence-corrected chi connectivity index (χ3v) is 3.85. The Labute approximate surface area is 110 Å². The van der Waals surface area contributed by atoms with E-state index in [1.807, 2.05) is 13.8 Å². The lowest BCUT2D eigenvalue weighted by Crippen LogP contribution is -2.38. The first kappa shape index (κ1) is 14.9. The van der Waals surface area contributed by atoms with Gasteiger partial charge in [0.25, 0.3) is 0 Å². The fourth-order valence-corrected chi connectivity index (χ4v) is 3.03. The van der Waals surface area contributed by atoms with Crippen molar-refractivity contribution in [3.05, 3.63) is 13.2 Å². The fourth-order valence-electron chi connectivity index (χ4n) is 3.03. The molecule has 1 aliphatic heterocycles. The van der Waals surface area contributed by atoms with Crippen LogP contribution in [0, 0.1) is 11.3 Å². The summed E-state index contributed by atoms with van der Waals surface area (Å²) in [5, 5.41) is 0. The van der Waals surface area contributed by atoms with Crippen molar-refractivity contribution >= 4 is 11.8 Å². The molecule has 0 radical (unpaired) electrons. The zero-order valence-corrected chi connectivity index (χ0v) is 11.7. The Hall–Kier alpha value is -1.12. The summed E-state index contributed by atoms with van der Waals surface area (Å²) in [5.74, 6) is 0.540. The molecule has 102 valence electrons. The number of carbonyl (C=O) groups excluding carboxylic acids is 2. The van der Waals surface area contributed by atoms with Crippen LogP contribution in [-0.4, -0.2) is 23.3 Å². The number of likely N-dealkylation sites (tertiary alicyclic amines) is 1. The number of nitrogens with zero attached hydrogens (tertiary/aromatic N) is 1. The minimum Gasteiger partial charge on any atom is -0.282 e. The maximum atomic E-state index is 12.3. The first-order chi connectivity index (χ1) is 8.55. The van der Waals surface area contributed by atoms with Crippen molar-refractivity contribution < 1.29 is 9.59 Å². The molecule has 2 amide bonds. The van der Waals surface area contributed by atoms with Gasteiger partial charge in [-0.1, -0.05) is 33.1 Å². The van der Waals surface area contributed by atoms with Gasteiger partial charge in [-0.3, -0.25) is 14.5 Å². The Kier molecular flexibility index (Phi) is 5.12. The molecule has 2 aliphatic rings. The maximum absolute atomic E-state index is 12.3. The Morgan fingerprint density at radius 2 is 1.72 bits per heavy atom. The molecule has 18 heavy (non-hydrogen) atoms. The fraction of sp³-hybridized carbons (Fsp3) is 0.733. The average molecular weight is 251 g/mol. The molecule has 2 rings (SSSR count). The van der Waals surface area contributed by atoms with Gasteiger partial charge in [-0.15, -0.1) is 13.2 Å². The summed E-state index contributed by atoms with van der Waals surface area (Å²) in [6, 6.07) is 0. The highest BCUT2D eigenvalue weighted by Crippen LogP contribution is 2.45. The third kappa shape index (κ3) is 2.82. The molecule has 0 atom stereocenters. The van der Waals surface area contributed by atoms with Crippen molar-refractivity contribution in [1.82, 2.24) is 4.90 Å². The van der Waals surface area contributed by atoms with Gasteiger partial charge < -0.3 is 0 Å². The van der Waals surface area contributed by atoms with Crippen LogP contribution in [-0.2, 0) is 9.59 Å². The second-order valence-corrected chi connectivity index (χ2v) is 5.72. The number of rotatable bonds is 2. The summed E-state index contributed by atoms with van der Waals surface area (Å²) >= 11 is 0. The highest BCUT2D eigenvalue weighted by Gasteiger charge is 2.51. The molecule has 3 heteroatoms. The molecule has 1 heterocycles. The van der Waals surface area contributed by atoms with E-state index >= 15 is 0 Å². The van der Waals surface area contributed by atoms with Gasteiger partial charge in [0.2, 0.25) is 11.8 Å². The molecule has 0 unspecified atom stereocenters. The highest BCUT2D eigenvalue weighted by atomic mass is 16.2. The van der Waals surface area contributed by atoms with Gasteiger partial charge in [-0.2, -0.15) is 0 Å². The quantitative estimate of drug-likeness (QED) is 0.558. The van der Waals surface area contributed by atoms with E-state index in [1.165, 1.54) is 11.3 Å². The van der Waals surface area contributed by atoms with Gasteiger partial charge in [-0.25, -0.2) is 0 Å². The maximum Gasteiger partial charge on any atom is 0.235 e. The summed E-state index contributed by atoms with van der Waals surface area (Å²) < 4.78 is 0. The Bertz CT molecular complexity index is 316. The zero-order chi connectivity index (χ0) is 13.8. The van der Waals surface area contributed by atoms with Crippen molar-refractivity contribution in [3.8, 4) is 0 Å². The standard InChI is InChI=1S/C13H21NO2.C2H4/c1-10(2)9-14-11(15)8-13(12(14)16)6-4-3-5-7-13;1-2/h10H,3-9H2,1-2H3;1-2H2. The van der Waals surface area contributed by atoms with E-state index in [9.17, 15) is 9.59 Å². The lowest BCUT2D eigenvalue weighted by molar-refractivity contribution is -0.142. The predicted octanol–water partition coefficient (Wildman–Crippen LogP) is 3.15. The summed E-state index contributed by atoms with van der Waals surface area (Å²) in [5.41, 5.74) is -0.301. The molecule has 3 nitrogen and oxygen atoms in total. The van der Waals surface area contributed by atoms with E-state index in [1.54, 1.807) is 0 Å². The van der Waals surface area contributed by atoms with Crippen molar-refractivity contribution in [2.45, 2.75) is 52.4 Å². The van der Waals surface area contributed by atoms with Crippen LogP contribution < -0.4 is 0 Å². The molecule has 0 aromatic rings. The van der Waals surface area contributed by atoms with Crippen molar-refractivity contribution in [2.75, 3.05) is 6.54 Å². The molecular weight excluding hydrogens is 226 g/mol. The van der Waals surface area contributed by atoms with Crippen LogP contribution in [0.25, 0.3) is 0 Å². The zero-order valence-electron chi connectivity index (χ0n) is 11.7. The van der Waals surface area contributed by atoms with E-state index in [0.717, 1.165) is 25.7 Å². The van der Waals surface area contributed by atoms with Crippen LogP contribution in [0.4, 0.5) is 0 Å². The normalized spacial score (nSPS) is 22.3. The molecule has 1 spiro atoms. The van der Waals surface area contributed by atoms with Crippen LogP contribution in [0.1, 0.15) is 52.4 Å². The minimum atomic E-state index is -0.301. The number of hydrogen-bond acceptors (Lipinski definition) is 2. The SMILES string of the molecule is C=C.CC(C)CN1C(=O)CC2(CCCCC2)C1=O. The highest BCUT2D eigenvalue weighted by molar-refractivity contribution is 6.05. The van der Waals surface area contributed by atoms with Gasteiger partial charge >= 0.3 is 0 Å². The average Bonchev–Trinajstić information content (AvgIpc) is 2.57. The lowest BCUT2D eigenvalue weighted by atomic mass is 9.73. The van der Waals surface area contributed by atoms with Gasteiger partial charge in [0, 0.05) is 13.0 Å². The van der Waals surface area contributed by atoms with Gasteiger partial charge in [0.05, 0.1) is 5.41 Å². The molecule has 0 bridgehead atoms. The van der Waals surface area contributed by atoms with E-state index in [4.69, 9.17) is 0 Å². The number of hydrogen-bond donors (Lipinski definition) is 0. The number of imide groups is 1. The van der Waals surface area contributed by atoms with Crippen LogP contribution in [0.5, 0.6) is 0 Å². The summed E-state index contributed by atoms with van der Waals surface area (Å²) in [6.45, 7) is 10.7. The van der Waals surface area contributed by atoms with Gasteiger partial charge in [0.1, 0.15) is 0 Å². The van der Waals surface area contributed by atoms with Gasteiger partial charge in [-0.05, 0) is 18.8 Å². The van der Waals surface area contributed by atoms with Crippen LogP contribution >= 0.6 is 0 Å². The molecule has 1 saturated heterocycles. The summed E-state index contributed by atoms with van der Waals surface area (Å²) in [7, 11) is 0. The third-order valence-electron chi connectivity index (χ3n) is 3.85. The van der Waals surface area contributed by atoms with Crippen molar-refractivity contribution in [2.24, 2.45) is 11.3 Å². The molecular formula is C15H25NO2.